The number of aromatic nitrogens is 5. The molecule has 30 heavy (non-hydrogen) atoms. The van der Waals surface area contributed by atoms with Crippen LogP contribution in [0.3, 0.4) is 0 Å². The van der Waals surface area contributed by atoms with Crippen molar-refractivity contribution in [3.8, 4) is 0 Å². The summed E-state index contributed by atoms with van der Waals surface area (Å²) in [5, 5.41) is 9.58. The van der Waals surface area contributed by atoms with E-state index in [1.165, 1.54) is 16.3 Å². The van der Waals surface area contributed by atoms with Crippen molar-refractivity contribution >= 4 is 34.2 Å². The summed E-state index contributed by atoms with van der Waals surface area (Å²) >= 11 is 1.32. The topological polar surface area (TPSA) is 83.4 Å². The minimum Gasteiger partial charge on any atom is -0.383 e. The maximum Gasteiger partial charge on any atom is 0.262 e. The fourth-order valence-corrected chi connectivity index (χ4v) is 4.55. The molecule has 0 aliphatic rings. The van der Waals surface area contributed by atoms with Crippen LogP contribution in [0.5, 0.6) is 0 Å². The van der Waals surface area contributed by atoms with Crippen LogP contribution in [-0.4, -0.2) is 49.0 Å². The van der Waals surface area contributed by atoms with Gasteiger partial charge in [0, 0.05) is 37.7 Å². The normalized spacial score (nSPS) is 11.6. The fourth-order valence-electron chi connectivity index (χ4n) is 3.72. The third kappa shape index (κ3) is 3.33. The number of hydrogen-bond donors (Lipinski definition) is 0. The van der Waals surface area contributed by atoms with Gasteiger partial charge in [0.1, 0.15) is 0 Å². The quantitative estimate of drug-likeness (QED) is 0.334. The molecule has 1 aromatic carbocycles. The van der Waals surface area contributed by atoms with Crippen molar-refractivity contribution in [1.82, 2.24) is 23.7 Å². The van der Waals surface area contributed by atoms with Crippen LogP contribution in [0.15, 0.2) is 40.3 Å². The number of nitrogens with zero attached hydrogens (tertiary/aromatic N) is 5. The molecule has 0 fully saturated rings. The number of rotatable bonds is 7. The number of ketones is 1. The van der Waals surface area contributed by atoms with Gasteiger partial charge in [-0.05, 0) is 32.0 Å². The van der Waals surface area contributed by atoms with Gasteiger partial charge >= 0.3 is 0 Å². The minimum absolute atomic E-state index is 0.0302. The molecule has 3 aromatic heterocycles. The van der Waals surface area contributed by atoms with Gasteiger partial charge in [-0.2, -0.15) is 0 Å². The lowest BCUT2D eigenvalue weighted by molar-refractivity contribution is 0.102. The summed E-state index contributed by atoms with van der Waals surface area (Å²) in [7, 11) is 3.34. The Morgan fingerprint density at radius 3 is 2.73 bits per heavy atom. The second-order valence-corrected chi connectivity index (χ2v) is 8.08. The van der Waals surface area contributed by atoms with E-state index in [1.807, 2.05) is 42.5 Å². The van der Waals surface area contributed by atoms with Crippen LogP contribution in [0.4, 0.5) is 0 Å². The van der Waals surface area contributed by atoms with Gasteiger partial charge < -0.3 is 9.30 Å². The van der Waals surface area contributed by atoms with Gasteiger partial charge in [-0.15, -0.1) is 10.2 Å². The first kappa shape index (κ1) is 20.4. The highest BCUT2D eigenvalue weighted by Crippen LogP contribution is 2.23. The number of ether oxygens (including phenoxy) is 1. The van der Waals surface area contributed by atoms with Gasteiger partial charge in [-0.3, -0.25) is 18.6 Å². The molecule has 0 aliphatic carbocycles. The van der Waals surface area contributed by atoms with Crippen molar-refractivity contribution in [3.63, 3.8) is 0 Å². The lowest BCUT2D eigenvalue weighted by atomic mass is 10.2. The third-order valence-electron chi connectivity index (χ3n) is 5.32. The number of carbonyl (C=O) groups excluding carboxylic acids is 1. The van der Waals surface area contributed by atoms with Crippen LogP contribution in [0.2, 0.25) is 0 Å². The number of thioether (sulfide) groups is 1. The van der Waals surface area contributed by atoms with Gasteiger partial charge in [0.25, 0.3) is 5.56 Å². The Morgan fingerprint density at radius 1 is 1.20 bits per heavy atom. The Balaban J connectivity index is 1.65. The van der Waals surface area contributed by atoms with Gasteiger partial charge in [0.15, 0.2) is 10.9 Å². The number of fused-ring (bicyclic) bond motifs is 3. The smallest absolute Gasteiger partial charge is 0.262 e. The zero-order chi connectivity index (χ0) is 21.4. The zero-order valence-corrected chi connectivity index (χ0v) is 18.2. The van der Waals surface area contributed by atoms with Crippen LogP contribution in [0, 0.1) is 13.8 Å². The van der Waals surface area contributed by atoms with E-state index in [0.717, 1.165) is 16.9 Å². The first-order valence-corrected chi connectivity index (χ1v) is 10.6. The third-order valence-corrected chi connectivity index (χ3v) is 6.25. The molecule has 0 unspecified atom stereocenters. The maximum absolute atomic E-state index is 12.9. The maximum atomic E-state index is 12.9. The molecule has 0 N–H and O–H groups in total. The molecular formula is C21H23N5O3S. The molecule has 0 aliphatic heterocycles. The van der Waals surface area contributed by atoms with E-state index in [4.69, 9.17) is 4.74 Å². The molecule has 0 amide bonds. The molecule has 3 heterocycles. The van der Waals surface area contributed by atoms with Crippen molar-refractivity contribution in [1.29, 1.82) is 0 Å². The Bertz CT molecular complexity index is 1320. The van der Waals surface area contributed by atoms with E-state index in [9.17, 15) is 9.59 Å². The van der Waals surface area contributed by atoms with E-state index in [0.29, 0.717) is 35.0 Å². The number of methoxy groups -OCH3 is 1. The molecule has 0 bridgehead atoms. The monoisotopic (exact) mass is 425 g/mol. The Morgan fingerprint density at radius 2 is 1.97 bits per heavy atom. The first-order chi connectivity index (χ1) is 14.4. The molecule has 9 heteroatoms. The number of benzene rings is 1. The summed E-state index contributed by atoms with van der Waals surface area (Å²) in [6, 6.07) is 9.27. The predicted molar refractivity (Wildman–Crippen MR) is 117 cm³/mol. The SMILES string of the molecule is COCCn1c(C)cc(C(=O)CSc2nnc3n(C)c(=O)c4ccccc4n23)c1C. The number of Topliss-reactive ketones (excluding diaryl/α,β-unsaturated/α-hetero) is 1. The highest BCUT2D eigenvalue weighted by molar-refractivity contribution is 7.99. The number of aryl methyl sites for hydroxylation is 2. The summed E-state index contributed by atoms with van der Waals surface area (Å²) in [5.74, 6) is 0.709. The first-order valence-electron chi connectivity index (χ1n) is 9.58. The zero-order valence-electron chi connectivity index (χ0n) is 17.4. The van der Waals surface area contributed by atoms with E-state index in [2.05, 4.69) is 14.8 Å². The van der Waals surface area contributed by atoms with Crippen molar-refractivity contribution in [2.75, 3.05) is 19.5 Å². The van der Waals surface area contributed by atoms with Crippen molar-refractivity contribution in [2.24, 2.45) is 7.05 Å². The van der Waals surface area contributed by atoms with E-state index < -0.39 is 0 Å². The molecular weight excluding hydrogens is 402 g/mol. The molecule has 8 nitrogen and oxygen atoms in total. The molecule has 156 valence electrons. The number of carbonyl (C=O) groups is 1. The molecule has 0 spiro atoms. The summed E-state index contributed by atoms with van der Waals surface area (Å²) in [6.07, 6.45) is 0. The Labute approximate surface area is 177 Å². The molecule has 0 saturated carbocycles. The summed E-state index contributed by atoms with van der Waals surface area (Å²) in [5.41, 5.74) is 3.29. The molecule has 4 aromatic rings. The summed E-state index contributed by atoms with van der Waals surface area (Å²) < 4.78 is 10.6. The predicted octanol–water partition coefficient (Wildman–Crippen LogP) is 2.62. The summed E-state index contributed by atoms with van der Waals surface area (Å²) in [4.78, 5) is 25.5. The molecule has 0 radical (unpaired) electrons. The van der Waals surface area contributed by atoms with Crippen LogP contribution >= 0.6 is 11.8 Å². The van der Waals surface area contributed by atoms with Gasteiger partial charge in [0.05, 0.1) is 23.3 Å². The van der Waals surface area contributed by atoms with E-state index >= 15 is 0 Å². The Kier molecular flexibility index (Phi) is 5.48. The highest BCUT2D eigenvalue weighted by Gasteiger charge is 2.19. The van der Waals surface area contributed by atoms with E-state index in [1.54, 1.807) is 20.2 Å². The van der Waals surface area contributed by atoms with Crippen LogP contribution < -0.4 is 5.56 Å². The largest absolute Gasteiger partial charge is 0.383 e. The van der Waals surface area contributed by atoms with Crippen LogP contribution in [0.1, 0.15) is 21.7 Å². The average molecular weight is 426 g/mol. The second kappa shape index (κ2) is 8.08. The van der Waals surface area contributed by atoms with Gasteiger partial charge in [-0.1, -0.05) is 23.9 Å². The van der Waals surface area contributed by atoms with Crippen molar-refractivity contribution in [3.05, 3.63) is 57.6 Å². The Hall–Kier alpha value is -2.91. The standard InChI is InChI=1S/C21H23N5O3S/c1-13-11-16(14(2)25(13)9-10-29-4)18(27)12-30-21-23-22-20-24(3)19(28)15-7-5-6-8-17(15)26(20)21/h5-8,11H,9-10,12H2,1-4H3. The van der Waals surface area contributed by atoms with Crippen molar-refractivity contribution in [2.45, 2.75) is 25.5 Å². The van der Waals surface area contributed by atoms with Crippen LogP contribution in [-0.2, 0) is 18.3 Å². The van der Waals surface area contributed by atoms with E-state index in [-0.39, 0.29) is 17.1 Å². The number of hydrogen-bond acceptors (Lipinski definition) is 6. The van der Waals surface area contributed by atoms with Gasteiger partial charge in [-0.25, -0.2) is 0 Å². The average Bonchev–Trinajstić information content (AvgIpc) is 3.30. The minimum atomic E-state index is -0.123. The number of para-hydroxylation sites is 1. The van der Waals surface area contributed by atoms with Crippen LogP contribution in [0.25, 0.3) is 16.7 Å². The molecule has 0 saturated heterocycles. The summed E-state index contributed by atoms with van der Waals surface area (Å²) in [6.45, 7) is 5.25. The lowest BCUT2D eigenvalue weighted by Gasteiger charge is -2.09. The highest BCUT2D eigenvalue weighted by atomic mass is 32.2. The molecule has 4 rings (SSSR count). The molecule has 0 atom stereocenters. The second-order valence-electron chi connectivity index (χ2n) is 7.14. The lowest BCUT2D eigenvalue weighted by Crippen LogP contribution is -2.20. The fraction of sp³-hybridized carbons (Fsp3) is 0.333. The van der Waals surface area contributed by atoms with Gasteiger partial charge in [0.2, 0.25) is 5.78 Å². The van der Waals surface area contributed by atoms with Crippen molar-refractivity contribution < 1.29 is 9.53 Å².